The lowest BCUT2D eigenvalue weighted by atomic mass is 9.93. The van der Waals surface area contributed by atoms with Crippen molar-refractivity contribution in [1.82, 2.24) is 4.90 Å². The summed E-state index contributed by atoms with van der Waals surface area (Å²) in [6.45, 7) is 3.65. The minimum absolute atomic E-state index is 0.317. The van der Waals surface area contributed by atoms with E-state index in [1.165, 1.54) is 12.3 Å². The van der Waals surface area contributed by atoms with Crippen molar-refractivity contribution >= 4 is 17.4 Å². The molecule has 3 rings (SSSR count). The van der Waals surface area contributed by atoms with Crippen LogP contribution in [0.15, 0.2) is 95.1 Å². The average molecular weight is 387 g/mol. The second-order valence-corrected chi connectivity index (χ2v) is 6.30. The fraction of sp³-hybridized carbons (Fsp3) is 0.125. The molecule has 2 aliphatic heterocycles. The van der Waals surface area contributed by atoms with Gasteiger partial charge in [0.25, 0.3) is 0 Å². The van der Waals surface area contributed by atoms with E-state index in [9.17, 15) is 4.39 Å². The monoisotopic (exact) mass is 387 g/mol. The molecule has 4 nitrogen and oxygen atoms in total. The molecule has 5 heteroatoms. The fourth-order valence-electron chi connectivity index (χ4n) is 3.26. The number of aliphatic imine (C=N–C) groups is 1. The Bertz CT molecular complexity index is 1090. The number of nitrogens with two attached hydrogens (primary N) is 1. The number of nitrogens with zero attached hydrogens (tertiary/aromatic N) is 2. The Morgan fingerprint density at radius 1 is 1.45 bits per heavy atom. The van der Waals surface area contributed by atoms with Gasteiger partial charge < -0.3 is 15.4 Å². The maximum atomic E-state index is 14.9. The molecule has 1 aromatic rings. The molecule has 0 saturated carbocycles. The summed E-state index contributed by atoms with van der Waals surface area (Å²) in [5.74, 6) is 0.236. The summed E-state index contributed by atoms with van der Waals surface area (Å²) in [5, 5.41) is 0. The van der Waals surface area contributed by atoms with Crippen LogP contribution in [0.1, 0.15) is 17.5 Å². The molecule has 0 amide bonds. The summed E-state index contributed by atoms with van der Waals surface area (Å²) in [6, 6.07) is 4.96. The minimum Gasteiger partial charge on any atom is -0.489 e. The van der Waals surface area contributed by atoms with Crippen LogP contribution in [0.2, 0.25) is 0 Å². The van der Waals surface area contributed by atoms with E-state index < -0.39 is 0 Å². The highest BCUT2D eigenvalue weighted by atomic mass is 19.1. The zero-order chi connectivity index (χ0) is 20.8. The van der Waals surface area contributed by atoms with Crippen molar-refractivity contribution in [2.45, 2.75) is 6.42 Å². The molecule has 0 atom stereocenters. The van der Waals surface area contributed by atoms with Crippen molar-refractivity contribution in [2.75, 3.05) is 14.2 Å². The molecule has 0 spiro atoms. The van der Waals surface area contributed by atoms with E-state index in [0.29, 0.717) is 28.9 Å². The Kier molecular flexibility index (Phi) is 6.16. The lowest BCUT2D eigenvalue weighted by molar-refractivity contribution is 0.303. The Morgan fingerprint density at radius 2 is 2.28 bits per heavy atom. The molecule has 2 N–H and O–H groups in total. The second kappa shape index (κ2) is 8.94. The zero-order valence-electron chi connectivity index (χ0n) is 16.4. The van der Waals surface area contributed by atoms with Crippen LogP contribution in [0, 0.1) is 5.82 Å². The van der Waals surface area contributed by atoms with E-state index >= 15 is 0 Å². The molecule has 0 bridgehead atoms. The highest BCUT2D eigenvalue weighted by Gasteiger charge is 2.19. The maximum absolute atomic E-state index is 14.9. The molecule has 0 aromatic heterocycles. The Balaban J connectivity index is 2.07. The number of allylic oxidation sites excluding steroid dienone is 4. The van der Waals surface area contributed by atoms with Gasteiger partial charge in [-0.1, -0.05) is 30.2 Å². The molecule has 0 aliphatic carbocycles. The first-order chi connectivity index (χ1) is 14.1. The largest absolute Gasteiger partial charge is 0.489 e. The van der Waals surface area contributed by atoms with Crippen LogP contribution < -0.4 is 5.73 Å². The van der Waals surface area contributed by atoms with Crippen LogP contribution in [0.3, 0.4) is 0 Å². The fourth-order valence-corrected chi connectivity index (χ4v) is 3.26. The van der Waals surface area contributed by atoms with Gasteiger partial charge in [-0.2, -0.15) is 0 Å². The van der Waals surface area contributed by atoms with Gasteiger partial charge >= 0.3 is 0 Å². The van der Waals surface area contributed by atoms with Gasteiger partial charge in [-0.15, -0.1) is 0 Å². The highest BCUT2D eigenvalue weighted by molar-refractivity contribution is 6.11. The Morgan fingerprint density at radius 3 is 2.97 bits per heavy atom. The first kappa shape index (κ1) is 20.0. The van der Waals surface area contributed by atoms with Gasteiger partial charge in [-0.3, -0.25) is 4.99 Å². The molecule has 0 saturated heterocycles. The Labute approximate surface area is 170 Å². The highest BCUT2D eigenvalue weighted by Crippen LogP contribution is 2.33. The van der Waals surface area contributed by atoms with E-state index in [-0.39, 0.29) is 5.82 Å². The summed E-state index contributed by atoms with van der Waals surface area (Å²) in [7, 11) is 3.23. The van der Waals surface area contributed by atoms with Gasteiger partial charge in [0.05, 0.1) is 12.8 Å². The van der Waals surface area contributed by atoms with Crippen molar-refractivity contribution in [2.24, 2.45) is 10.7 Å². The predicted molar refractivity (Wildman–Crippen MR) is 116 cm³/mol. The van der Waals surface area contributed by atoms with Gasteiger partial charge in [-0.25, -0.2) is 4.39 Å². The summed E-state index contributed by atoms with van der Waals surface area (Å²) in [4.78, 5) is 5.93. The van der Waals surface area contributed by atoms with Crippen LogP contribution in [0.25, 0.3) is 11.1 Å². The first-order valence-corrected chi connectivity index (χ1v) is 9.04. The van der Waals surface area contributed by atoms with E-state index in [1.54, 1.807) is 26.4 Å². The van der Waals surface area contributed by atoms with Crippen molar-refractivity contribution in [3.05, 3.63) is 107 Å². The molecule has 146 valence electrons. The number of halogens is 1. The van der Waals surface area contributed by atoms with Gasteiger partial charge in [0.1, 0.15) is 5.82 Å². The van der Waals surface area contributed by atoms with Gasteiger partial charge in [-0.05, 0) is 35.4 Å². The van der Waals surface area contributed by atoms with Crippen molar-refractivity contribution in [3.8, 4) is 0 Å². The molecule has 0 fully saturated rings. The third-order valence-corrected chi connectivity index (χ3v) is 4.57. The lowest BCUT2D eigenvalue weighted by Crippen LogP contribution is -2.12. The quantitative estimate of drug-likeness (QED) is 0.453. The van der Waals surface area contributed by atoms with Gasteiger partial charge in [0.2, 0.25) is 0 Å². The molecule has 1 aromatic carbocycles. The molecular weight excluding hydrogens is 365 g/mol. The number of hydrogen-bond acceptors (Lipinski definition) is 4. The summed E-state index contributed by atoms with van der Waals surface area (Å²) in [5.41, 5.74) is 16.1. The molecule has 0 unspecified atom stereocenters. The van der Waals surface area contributed by atoms with Crippen LogP contribution in [-0.2, 0) is 4.74 Å². The van der Waals surface area contributed by atoms with Gasteiger partial charge in [0, 0.05) is 55.0 Å². The van der Waals surface area contributed by atoms with E-state index in [0.717, 1.165) is 16.8 Å². The van der Waals surface area contributed by atoms with Crippen LogP contribution in [-0.4, -0.2) is 25.3 Å². The zero-order valence-corrected chi connectivity index (χ0v) is 16.4. The lowest BCUT2D eigenvalue weighted by Gasteiger charge is -2.22. The third kappa shape index (κ3) is 4.07. The minimum atomic E-state index is -0.317. The van der Waals surface area contributed by atoms with E-state index in [1.807, 2.05) is 41.6 Å². The topological polar surface area (TPSA) is 50.9 Å². The second-order valence-electron chi connectivity index (χ2n) is 6.30. The van der Waals surface area contributed by atoms with Crippen LogP contribution >= 0.6 is 0 Å². The van der Waals surface area contributed by atoms with Gasteiger partial charge in [0.15, 0.2) is 5.76 Å². The summed E-state index contributed by atoms with van der Waals surface area (Å²) >= 11 is 0. The standard InChI is InChI=1S/C24H22FN3O/c1-4-23(29-3)17-11-12-28-16-18(7-5-8-20(28)13-17)24-21(9-6-10-22(24)25)19(14-26)15-27-2/h5-6,9-16H,1,7,26H2,2-3H3/b19-14+,27-15?. The van der Waals surface area contributed by atoms with Crippen LogP contribution in [0.4, 0.5) is 4.39 Å². The molecular formula is C24H22FN3O. The third-order valence-electron chi connectivity index (χ3n) is 4.57. The predicted octanol–water partition coefficient (Wildman–Crippen LogP) is 4.68. The average Bonchev–Trinajstić information content (AvgIpc) is 2.94. The molecule has 29 heavy (non-hydrogen) atoms. The summed E-state index contributed by atoms with van der Waals surface area (Å²) in [6.07, 6.45) is 13.0. The SMILES string of the molecule is C=C=C(OC)C1=CC2=C=CCC(c3c(F)cccc3/C(C=NC)=C/N)=CN2C=C1. The number of hydrogen-bond donors (Lipinski definition) is 1. The maximum Gasteiger partial charge on any atom is 0.168 e. The van der Waals surface area contributed by atoms with Crippen molar-refractivity contribution < 1.29 is 9.13 Å². The van der Waals surface area contributed by atoms with Crippen molar-refractivity contribution in [1.29, 1.82) is 0 Å². The molecule has 0 radical (unpaired) electrons. The number of ether oxygens (including phenoxy) is 1. The normalized spacial score (nSPS) is 15.9. The first-order valence-electron chi connectivity index (χ1n) is 9.04. The van der Waals surface area contributed by atoms with Crippen molar-refractivity contribution in [3.63, 3.8) is 0 Å². The molecule has 2 heterocycles. The number of methoxy groups -OCH3 is 1. The number of rotatable bonds is 5. The number of fused-ring (bicyclic) bond motifs is 1. The molecule has 2 aliphatic rings. The smallest absolute Gasteiger partial charge is 0.168 e. The van der Waals surface area contributed by atoms with E-state index in [2.05, 4.69) is 23.0 Å². The van der Waals surface area contributed by atoms with E-state index in [4.69, 9.17) is 10.5 Å². The number of benzene rings is 1. The van der Waals surface area contributed by atoms with Crippen LogP contribution in [0.5, 0.6) is 0 Å². The summed E-state index contributed by atoms with van der Waals surface area (Å²) < 4.78 is 20.2. The Hall–Kier alpha value is -3.78.